The molecule has 0 spiro atoms. The summed E-state index contributed by atoms with van der Waals surface area (Å²) in [5.41, 5.74) is -0.0743. The fourth-order valence-electron chi connectivity index (χ4n) is 0.618. The lowest BCUT2D eigenvalue weighted by Crippen LogP contribution is -1.95. The topological polar surface area (TPSA) is 3.24 Å². The minimum atomic E-state index is -0.796. The highest BCUT2D eigenvalue weighted by atomic mass is 35.5. The second kappa shape index (κ2) is 3.24. The van der Waals surface area contributed by atoms with Crippen LogP contribution in [0.3, 0.4) is 0 Å². The zero-order valence-corrected chi connectivity index (χ0v) is 6.70. The number of hydrogen-bond acceptors (Lipinski definition) is 1. The summed E-state index contributed by atoms with van der Waals surface area (Å²) in [5.74, 6) is -1.46. The molecule has 60 valence electrons. The van der Waals surface area contributed by atoms with E-state index in [0.717, 1.165) is 12.1 Å². The number of hydrogen-bond donors (Lipinski definition) is 0. The molecule has 0 atom stereocenters. The average Bonchev–Trinajstić information content (AvgIpc) is 1.85. The van der Waals surface area contributed by atoms with Crippen LogP contribution in [0, 0.1) is 11.6 Å². The summed E-state index contributed by atoms with van der Waals surface area (Å²) in [4.78, 5) is 0. The molecule has 0 saturated carbocycles. The molecule has 1 aromatic carbocycles. The maximum absolute atomic E-state index is 12.7. The Bertz CT molecular complexity index is 265. The Hall–Kier alpha value is -0.540. The number of anilines is 1. The Morgan fingerprint density at radius 1 is 1.18 bits per heavy atom. The maximum atomic E-state index is 12.7. The van der Waals surface area contributed by atoms with Gasteiger partial charge in [-0.2, -0.15) is 3.94 Å². The van der Waals surface area contributed by atoms with Crippen molar-refractivity contribution in [1.82, 2.24) is 0 Å². The molecule has 0 saturated heterocycles. The van der Waals surface area contributed by atoms with E-state index in [1.54, 1.807) is 0 Å². The first-order chi connectivity index (χ1) is 5.11. The molecule has 0 fully saturated rings. The molecule has 0 amide bonds. The van der Waals surface area contributed by atoms with Gasteiger partial charge in [-0.15, -0.1) is 0 Å². The zero-order valence-electron chi connectivity index (χ0n) is 5.19. The molecule has 1 nitrogen and oxygen atoms in total. The van der Waals surface area contributed by atoms with Crippen LogP contribution >= 0.6 is 23.6 Å². The van der Waals surface area contributed by atoms with Gasteiger partial charge in [0.15, 0.2) is 5.82 Å². The lowest BCUT2D eigenvalue weighted by atomic mass is 10.3. The predicted octanol–water partition coefficient (Wildman–Crippen LogP) is 3.08. The van der Waals surface area contributed by atoms with Crippen molar-refractivity contribution in [2.45, 2.75) is 0 Å². The minimum absolute atomic E-state index is 0.0743. The van der Waals surface area contributed by atoms with Crippen LogP contribution in [0.15, 0.2) is 18.2 Å². The van der Waals surface area contributed by atoms with Crippen LogP contribution in [-0.2, 0) is 0 Å². The molecule has 0 aliphatic carbocycles. The first kappa shape index (κ1) is 8.56. The largest absolute Gasteiger partial charge is 0.207 e. The van der Waals surface area contributed by atoms with Crippen molar-refractivity contribution in [3.8, 4) is 0 Å². The first-order valence-electron chi connectivity index (χ1n) is 2.68. The molecular formula is C6H3Cl2F2N. The van der Waals surface area contributed by atoms with Gasteiger partial charge in [0.1, 0.15) is 11.5 Å². The van der Waals surface area contributed by atoms with Gasteiger partial charge in [-0.05, 0) is 12.1 Å². The van der Waals surface area contributed by atoms with E-state index in [9.17, 15) is 8.78 Å². The lowest BCUT2D eigenvalue weighted by Gasteiger charge is -2.05. The fraction of sp³-hybridized carbons (Fsp3) is 0. The van der Waals surface area contributed by atoms with E-state index in [0.29, 0.717) is 10.0 Å². The van der Waals surface area contributed by atoms with Gasteiger partial charge >= 0.3 is 0 Å². The molecule has 0 N–H and O–H groups in total. The van der Waals surface area contributed by atoms with E-state index in [1.165, 1.54) is 0 Å². The molecule has 1 aromatic rings. The maximum Gasteiger partial charge on any atom is 0.152 e. The van der Waals surface area contributed by atoms with E-state index < -0.39 is 11.6 Å². The Morgan fingerprint density at radius 3 is 2.27 bits per heavy atom. The molecular weight excluding hydrogens is 195 g/mol. The van der Waals surface area contributed by atoms with Gasteiger partial charge in [0.05, 0.1) is 0 Å². The van der Waals surface area contributed by atoms with Gasteiger partial charge in [-0.3, -0.25) is 0 Å². The van der Waals surface area contributed by atoms with Crippen molar-refractivity contribution in [2.75, 3.05) is 3.94 Å². The molecule has 11 heavy (non-hydrogen) atoms. The molecule has 0 bridgehead atoms. The molecule has 0 aromatic heterocycles. The predicted molar refractivity (Wildman–Crippen MR) is 40.5 cm³/mol. The van der Waals surface area contributed by atoms with Crippen LogP contribution in [0.2, 0.25) is 0 Å². The highest BCUT2D eigenvalue weighted by Crippen LogP contribution is 2.23. The second-order valence-corrected chi connectivity index (χ2v) is 2.68. The van der Waals surface area contributed by atoms with E-state index in [1.807, 2.05) is 0 Å². The highest BCUT2D eigenvalue weighted by Gasteiger charge is 2.07. The van der Waals surface area contributed by atoms with Crippen molar-refractivity contribution >= 4 is 29.2 Å². The van der Waals surface area contributed by atoms with Gasteiger partial charge in [-0.1, -0.05) is 0 Å². The number of rotatable bonds is 1. The van der Waals surface area contributed by atoms with Crippen molar-refractivity contribution in [2.24, 2.45) is 0 Å². The van der Waals surface area contributed by atoms with Gasteiger partial charge in [0.25, 0.3) is 0 Å². The van der Waals surface area contributed by atoms with E-state index in [-0.39, 0.29) is 5.69 Å². The summed E-state index contributed by atoms with van der Waals surface area (Å²) < 4.78 is 25.5. The van der Waals surface area contributed by atoms with Gasteiger partial charge in [0, 0.05) is 29.6 Å². The second-order valence-electron chi connectivity index (χ2n) is 1.83. The standard InChI is InChI=1S/C6H3Cl2F2N/c7-11(8)6-2-1-4(9)3-5(6)10/h1-3H. The molecule has 0 radical (unpaired) electrons. The summed E-state index contributed by atoms with van der Waals surface area (Å²) in [5, 5.41) is 0. The van der Waals surface area contributed by atoms with Crippen LogP contribution in [-0.4, -0.2) is 0 Å². The molecule has 5 heteroatoms. The quantitative estimate of drug-likeness (QED) is 0.626. The molecule has 0 aliphatic heterocycles. The molecule has 0 unspecified atom stereocenters. The van der Waals surface area contributed by atoms with Crippen LogP contribution in [0.1, 0.15) is 0 Å². The van der Waals surface area contributed by atoms with Crippen LogP contribution in [0.4, 0.5) is 14.5 Å². The van der Waals surface area contributed by atoms with E-state index in [2.05, 4.69) is 0 Å². The molecule has 0 aliphatic rings. The Kier molecular flexibility index (Phi) is 2.52. The third-order valence-corrected chi connectivity index (χ3v) is 1.46. The van der Waals surface area contributed by atoms with Crippen molar-refractivity contribution in [1.29, 1.82) is 0 Å². The Balaban J connectivity index is 3.09. The summed E-state index contributed by atoms with van der Waals surface area (Å²) in [6.45, 7) is 0. The lowest BCUT2D eigenvalue weighted by molar-refractivity contribution is 0.585. The summed E-state index contributed by atoms with van der Waals surface area (Å²) in [7, 11) is 0. The normalized spacial score (nSPS) is 9.82. The summed E-state index contributed by atoms with van der Waals surface area (Å²) in [6.07, 6.45) is 0. The molecule has 0 heterocycles. The smallest absolute Gasteiger partial charge is 0.152 e. The van der Waals surface area contributed by atoms with Crippen molar-refractivity contribution in [3.05, 3.63) is 29.8 Å². The third-order valence-electron chi connectivity index (χ3n) is 1.09. The fourth-order valence-corrected chi connectivity index (χ4v) is 0.893. The average molecular weight is 198 g/mol. The minimum Gasteiger partial charge on any atom is -0.207 e. The van der Waals surface area contributed by atoms with Gasteiger partial charge < -0.3 is 0 Å². The van der Waals surface area contributed by atoms with E-state index in [4.69, 9.17) is 23.6 Å². The van der Waals surface area contributed by atoms with Crippen LogP contribution in [0.25, 0.3) is 0 Å². The zero-order chi connectivity index (χ0) is 8.43. The third kappa shape index (κ3) is 1.94. The number of nitrogens with zero attached hydrogens (tertiary/aromatic N) is 1. The summed E-state index contributed by atoms with van der Waals surface area (Å²) in [6, 6.07) is 2.91. The van der Waals surface area contributed by atoms with Crippen LogP contribution < -0.4 is 3.94 Å². The molecule has 1 rings (SSSR count). The Morgan fingerprint density at radius 2 is 1.82 bits per heavy atom. The Labute approximate surface area is 72.4 Å². The highest BCUT2D eigenvalue weighted by molar-refractivity contribution is 6.49. The number of benzene rings is 1. The van der Waals surface area contributed by atoms with Crippen LogP contribution in [0.5, 0.6) is 0 Å². The monoisotopic (exact) mass is 197 g/mol. The SMILES string of the molecule is Fc1ccc(N(Cl)Cl)c(F)c1. The summed E-state index contributed by atoms with van der Waals surface area (Å²) >= 11 is 10.4. The van der Waals surface area contributed by atoms with Gasteiger partial charge in [-0.25, -0.2) is 8.78 Å². The van der Waals surface area contributed by atoms with E-state index >= 15 is 0 Å². The van der Waals surface area contributed by atoms with Crippen molar-refractivity contribution < 1.29 is 8.78 Å². The van der Waals surface area contributed by atoms with Crippen molar-refractivity contribution in [3.63, 3.8) is 0 Å². The number of halogens is 4. The van der Waals surface area contributed by atoms with Gasteiger partial charge in [0.2, 0.25) is 0 Å². The first-order valence-corrected chi connectivity index (χ1v) is 3.35.